The summed E-state index contributed by atoms with van der Waals surface area (Å²) < 4.78 is 21.7. The van der Waals surface area contributed by atoms with Crippen molar-refractivity contribution in [3.8, 4) is 28.8 Å². The smallest absolute Gasteiger partial charge is 0.143 e. The van der Waals surface area contributed by atoms with Crippen LogP contribution in [0.25, 0.3) is 27.8 Å². The normalized spacial score (nSPS) is 11.0. The van der Waals surface area contributed by atoms with Crippen LogP contribution in [-0.2, 0) is 0 Å². The van der Waals surface area contributed by atoms with Gasteiger partial charge in [-0.2, -0.15) is 5.26 Å². The first-order valence-electron chi connectivity index (χ1n) is 7.98. The van der Waals surface area contributed by atoms with Crippen LogP contribution in [0.4, 0.5) is 4.39 Å². The lowest BCUT2D eigenvalue weighted by molar-refractivity contribution is 0.393. The molecule has 0 saturated carbocycles. The van der Waals surface area contributed by atoms with Crippen molar-refractivity contribution in [3.63, 3.8) is 0 Å². The lowest BCUT2D eigenvalue weighted by atomic mass is 10.0. The predicted molar refractivity (Wildman–Crippen MR) is 94.6 cm³/mol. The fourth-order valence-electron chi connectivity index (χ4n) is 3.33. The molecule has 6 heteroatoms. The summed E-state index contributed by atoms with van der Waals surface area (Å²) in [6, 6.07) is 13.4. The van der Waals surface area contributed by atoms with Gasteiger partial charge in [0.25, 0.3) is 0 Å². The summed E-state index contributed by atoms with van der Waals surface area (Å²) in [6.45, 7) is 3.54. The number of hydrogen-bond acceptors (Lipinski definition) is 4. The molecule has 4 rings (SSSR count). The van der Waals surface area contributed by atoms with Gasteiger partial charge in [0, 0.05) is 5.69 Å². The Hall–Kier alpha value is -3.59. The second-order valence-corrected chi connectivity index (χ2v) is 6.02. The van der Waals surface area contributed by atoms with E-state index in [1.54, 1.807) is 54.8 Å². The van der Waals surface area contributed by atoms with Crippen LogP contribution in [0, 0.1) is 31.0 Å². The maximum absolute atomic E-state index is 14.6. The molecule has 0 spiro atoms. The number of rotatable bonds is 2. The van der Waals surface area contributed by atoms with E-state index < -0.39 is 5.82 Å². The Balaban J connectivity index is 2.23. The summed E-state index contributed by atoms with van der Waals surface area (Å²) >= 11 is 0. The molecule has 0 radical (unpaired) electrons. The molecule has 4 aromatic rings. The molecule has 0 aliphatic heterocycles. The van der Waals surface area contributed by atoms with E-state index in [9.17, 15) is 14.8 Å². The van der Waals surface area contributed by atoms with Crippen molar-refractivity contribution in [2.75, 3.05) is 0 Å². The molecule has 0 amide bonds. The van der Waals surface area contributed by atoms with Gasteiger partial charge in [0.05, 0.1) is 33.4 Å². The minimum Gasteiger partial charge on any atom is -0.508 e. The summed E-state index contributed by atoms with van der Waals surface area (Å²) in [6.07, 6.45) is 0. The van der Waals surface area contributed by atoms with Crippen molar-refractivity contribution in [1.82, 2.24) is 9.72 Å². The summed E-state index contributed by atoms with van der Waals surface area (Å²) in [7, 11) is 0. The number of phenols is 1. The molecule has 2 heterocycles. The number of nitrogens with zero attached hydrogens (tertiary/aromatic N) is 3. The van der Waals surface area contributed by atoms with Crippen LogP contribution in [0.15, 0.2) is 47.0 Å². The highest BCUT2D eigenvalue weighted by atomic mass is 19.1. The number of fused-ring (bicyclic) bond motifs is 1. The van der Waals surface area contributed by atoms with Crippen molar-refractivity contribution >= 4 is 10.9 Å². The molecule has 0 fully saturated rings. The number of benzene rings is 2. The second kappa shape index (κ2) is 5.74. The van der Waals surface area contributed by atoms with Gasteiger partial charge in [0.15, 0.2) is 0 Å². The Morgan fingerprint density at radius 2 is 1.88 bits per heavy atom. The predicted octanol–water partition coefficient (Wildman–Crippen LogP) is 4.62. The van der Waals surface area contributed by atoms with Gasteiger partial charge in [-0.15, -0.1) is 0 Å². The molecule has 1 N–H and O–H groups in total. The first kappa shape index (κ1) is 15.9. The minimum atomic E-state index is -0.468. The number of aromatic nitrogens is 2. The van der Waals surface area contributed by atoms with Crippen molar-refractivity contribution in [1.29, 1.82) is 5.26 Å². The third-order valence-corrected chi connectivity index (χ3v) is 4.43. The molecule has 0 aliphatic carbocycles. The van der Waals surface area contributed by atoms with E-state index in [0.29, 0.717) is 33.9 Å². The fourth-order valence-corrected chi connectivity index (χ4v) is 3.33. The highest BCUT2D eigenvalue weighted by Crippen LogP contribution is 2.39. The number of hydrogen-bond donors (Lipinski definition) is 1. The third kappa shape index (κ3) is 2.18. The monoisotopic (exact) mass is 347 g/mol. The molecule has 0 atom stereocenters. The van der Waals surface area contributed by atoms with E-state index in [-0.39, 0.29) is 16.7 Å². The van der Waals surface area contributed by atoms with E-state index in [1.165, 1.54) is 6.07 Å². The van der Waals surface area contributed by atoms with Crippen LogP contribution in [0.1, 0.15) is 17.0 Å². The van der Waals surface area contributed by atoms with Gasteiger partial charge < -0.3 is 14.2 Å². The van der Waals surface area contributed by atoms with E-state index >= 15 is 0 Å². The SMILES string of the molecule is Cc1noc(C)c1-c1c(C#N)c2c(F)cccc2n1-c1ccc(O)cc1. The lowest BCUT2D eigenvalue weighted by Gasteiger charge is -2.11. The fraction of sp³-hybridized carbons (Fsp3) is 0.100. The molecule has 2 aromatic carbocycles. The van der Waals surface area contributed by atoms with E-state index in [4.69, 9.17) is 4.52 Å². The first-order valence-corrected chi connectivity index (χ1v) is 7.98. The van der Waals surface area contributed by atoms with Crippen LogP contribution >= 0.6 is 0 Å². The lowest BCUT2D eigenvalue weighted by Crippen LogP contribution is -1.98. The minimum absolute atomic E-state index is 0.121. The Labute approximate surface area is 148 Å². The van der Waals surface area contributed by atoms with Gasteiger partial charge in [0.2, 0.25) is 0 Å². The zero-order valence-corrected chi connectivity index (χ0v) is 14.1. The van der Waals surface area contributed by atoms with E-state index in [0.717, 1.165) is 0 Å². The van der Waals surface area contributed by atoms with Crippen LogP contribution in [0.2, 0.25) is 0 Å². The molecule has 128 valence electrons. The molecular formula is C20H14FN3O2. The van der Waals surface area contributed by atoms with Gasteiger partial charge in [-0.3, -0.25) is 0 Å². The average Bonchev–Trinajstić information content (AvgIpc) is 3.13. The highest BCUT2D eigenvalue weighted by molar-refractivity contribution is 5.97. The first-order chi connectivity index (χ1) is 12.5. The molecule has 0 aliphatic rings. The van der Waals surface area contributed by atoms with Crippen LogP contribution in [0.5, 0.6) is 5.75 Å². The van der Waals surface area contributed by atoms with Crippen molar-refractivity contribution in [2.45, 2.75) is 13.8 Å². The summed E-state index contributed by atoms with van der Waals surface area (Å²) in [5.41, 5.74) is 3.26. The van der Waals surface area contributed by atoms with E-state index in [1.807, 2.05) is 0 Å². The Morgan fingerprint density at radius 1 is 1.15 bits per heavy atom. The maximum atomic E-state index is 14.6. The number of aromatic hydroxyl groups is 1. The largest absolute Gasteiger partial charge is 0.508 e. The number of phenolic OH excluding ortho intramolecular Hbond substituents is 1. The molecule has 26 heavy (non-hydrogen) atoms. The summed E-state index contributed by atoms with van der Waals surface area (Å²) in [5, 5.41) is 23.6. The Bertz CT molecular complexity index is 1160. The summed E-state index contributed by atoms with van der Waals surface area (Å²) in [4.78, 5) is 0. The second-order valence-electron chi connectivity index (χ2n) is 6.02. The van der Waals surface area contributed by atoms with Crippen molar-refractivity contribution in [3.05, 3.63) is 65.3 Å². The van der Waals surface area contributed by atoms with Gasteiger partial charge in [0.1, 0.15) is 23.4 Å². The van der Waals surface area contributed by atoms with Crippen LogP contribution < -0.4 is 0 Å². The van der Waals surface area contributed by atoms with Crippen molar-refractivity contribution < 1.29 is 14.0 Å². The zero-order valence-electron chi connectivity index (χ0n) is 14.1. The molecule has 0 unspecified atom stereocenters. The molecule has 0 bridgehead atoms. The van der Waals surface area contributed by atoms with Gasteiger partial charge >= 0.3 is 0 Å². The number of nitriles is 1. The zero-order chi connectivity index (χ0) is 18.4. The number of aryl methyl sites for hydroxylation is 2. The van der Waals surface area contributed by atoms with Gasteiger partial charge in [-0.25, -0.2) is 4.39 Å². The highest BCUT2D eigenvalue weighted by Gasteiger charge is 2.26. The van der Waals surface area contributed by atoms with Crippen molar-refractivity contribution in [2.24, 2.45) is 0 Å². The molecule has 0 saturated heterocycles. The van der Waals surface area contributed by atoms with Gasteiger partial charge in [-0.05, 0) is 50.2 Å². The molecule has 2 aromatic heterocycles. The Morgan fingerprint density at radius 3 is 2.50 bits per heavy atom. The standard InChI is InChI=1S/C20H14FN3O2/c1-11-18(12(2)26-23-11)20-15(10-22)19-16(21)4-3-5-17(19)24(20)13-6-8-14(25)9-7-13/h3-9,25H,1-2H3. The average molecular weight is 347 g/mol. The topological polar surface area (TPSA) is 75.0 Å². The summed E-state index contributed by atoms with van der Waals surface area (Å²) in [5.74, 6) is 0.197. The van der Waals surface area contributed by atoms with Crippen LogP contribution in [0.3, 0.4) is 0 Å². The Kier molecular flexibility index (Phi) is 3.51. The third-order valence-electron chi connectivity index (χ3n) is 4.43. The van der Waals surface area contributed by atoms with E-state index in [2.05, 4.69) is 11.2 Å². The quantitative estimate of drug-likeness (QED) is 0.574. The molecular weight excluding hydrogens is 333 g/mol. The maximum Gasteiger partial charge on any atom is 0.143 e. The molecule has 5 nitrogen and oxygen atoms in total. The van der Waals surface area contributed by atoms with Gasteiger partial charge in [-0.1, -0.05) is 11.2 Å². The van der Waals surface area contributed by atoms with Crippen LogP contribution in [-0.4, -0.2) is 14.8 Å². The number of halogens is 1.